The van der Waals surface area contributed by atoms with E-state index in [1.165, 1.54) is 7.05 Å². The van der Waals surface area contributed by atoms with Crippen molar-refractivity contribution in [2.45, 2.75) is 0 Å². The van der Waals surface area contributed by atoms with Gasteiger partial charge in [-0.25, -0.2) is 0 Å². The lowest BCUT2D eigenvalue weighted by molar-refractivity contribution is 0.501. The third-order valence-corrected chi connectivity index (χ3v) is 0. The quantitative estimate of drug-likeness (QED) is 0.463. The Kier molecular flexibility index (Phi) is 5.58. The summed E-state index contributed by atoms with van der Waals surface area (Å²) < 4.78 is 36.6. The molecular weight excluding hydrogens is 128 g/mol. The second-order valence-electron chi connectivity index (χ2n) is 0.378. The Morgan fingerprint density at radius 3 is 1.29 bits per heavy atom. The van der Waals surface area contributed by atoms with Crippen molar-refractivity contribution in [2.24, 2.45) is 5.73 Å². The SMILES string of the molecule is CN.O=S(=O)(F)F. The van der Waals surface area contributed by atoms with E-state index in [1.807, 2.05) is 0 Å². The summed E-state index contributed by atoms with van der Waals surface area (Å²) in [5.74, 6) is 0. The van der Waals surface area contributed by atoms with Crippen LogP contribution in [-0.2, 0) is 10.6 Å². The molecule has 7 heavy (non-hydrogen) atoms. The average molecular weight is 133 g/mol. The van der Waals surface area contributed by atoms with Gasteiger partial charge in [0, 0.05) is 0 Å². The first kappa shape index (κ1) is 9.91. The van der Waals surface area contributed by atoms with Crippen molar-refractivity contribution < 1.29 is 16.2 Å². The molecule has 0 radical (unpaired) electrons. The third-order valence-electron chi connectivity index (χ3n) is 0. The zero-order chi connectivity index (χ0) is 6.50. The van der Waals surface area contributed by atoms with Crippen LogP contribution in [0, 0.1) is 0 Å². The van der Waals surface area contributed by atoms with E-state index in [2.05, 4.69) is 5.73 Å². The zero-order valence-electron chi connectivity index (χ0n) is 3.56. The standard InChI is InChI=1S/CH5N.F2O2S/c1-2;1-5(2,3)4/h2H2,1H3;. The lowest BCUT2D eigenvalue weighted by Crippen LogP contribution is -1.69. The Morgan fingerprint density at radius 2 is 1.29 bits per heavy atom. The smallest absolute Gasteiger partial charge is 0.333 e. The van der Waals surface area contributed by atoms with Crippen LogP contribution in [0.25, 0.3) is 0 Å². The van der Waals surface area contributed by atoms with Gasteiger partial charge in [-0.15, -0.1) is 0 Å². The van der Waals surface area contributed by atoms with Gasteiger partial charge in [0.25, 0.3) is 0 Å². The third kappa shape index (κ3) is 1550. The van der Waals surface area contributed by atoms with Crippen molar-refractivity contribution in [1.29, 1.82) is 0 Å². The van der Waals surface area contributed by atoms with Crippen LogP contribution < -0.4 is 5.73 Å². The van der Waals surface area contributed by atoms with Crippen molar-refractivity contribution in [3.8, 4) is 0 Å². The highest BCUT2D eigenvalue weighted by Gasteiger charge is 1.94. The summed E-state index contributed by atoms with van der Waals surface area (Å²) in [7, 11) is -4.17. The van der Waals surface area contributed by atoms with Crippen LogP contribution in [0.5, 0.6) is 0 Å². The fourth-order valence-corrected chi connectivity index (χ4v) is 0. The molecule has 0 saturated heterocycles. The number of hydrogen-bond acceptors (Lipinski definition) is 3. The summed E-state index contributed by atoms with van der Waals surface area (Å²) in [4.78, 5) is 0. The summed E-state index contributed by atoms with van der Waals surface area (Å²) in [6, 6.07) is 0. The fraction of sp³-hybridized carbons (Fsp3) is 1.00. The number of rotatable bonds is 0. The van der Waals surface area contributed by atoms with Crippen molar-refractivity contribution >= 4 is 10.6 Å². The highest BCUT2D eigenvalue weighted by atomic mass is 32.3. The first-order chi connectivity index (χ1) is 3.00. The molecule has 0 aliphatic rings. The van der Waals surface area contributed by atoms with Gasteiger partial charge < -0.3 is 5.73 Å². The summed E-state index contributed by atoms with van der Waals surface area (Å²) in [6.45, 7) is 0. The van der Waals surface area contributed by atoms with Crippen LogP contribution in [0.1, 0.15) is 0 Å². The van der Waals surface area contributed by atoms with Gasteiger partial charge in [-0.05, 0) is 7.05 Å². The van der Waals surface area contributed by atoms with Gasteiger partial charge in [-0.2, -0.15) is 8.42 Å². The molecule has 0 aliphatic carbocycles. The van der Waals surface area contributed by atoms with Gasteiger partial charge in [0.15, 0.2) is 0 Å². The van der Waals surface area contributed by atoms with E-state index in [1.54, 1.807) is 0 Å². The van der Waals surface area contributed by atoms with E-state index < -0.39 is 10.6 Å². The predicted molar refractivity (Wildman–Crippen MR) is 21.2 cm³/mol. The topological polar surface area (TPSA) is 60.2 Å². The molecule has 0 amide bonds. The molecule has 0 aromatic rings. The Bertz CT molecular complexity index is 98.9. The molecule has 46 valence electrons. The molecule has 0 fully saturated rings. The maximum atomic E-state index is 9.99. The van der Waals surface area contributed by atoms with Gasteiger partial charge >= 0.3 is 10.6 Å². The second kappa shape index (κ2) is 3.94. The molecule has 0 aromatic carbocycles. The minimum atomic E-state index is -5.67. The summed E-state index contributed by atoms with van der Waals surface area (Å²) >= 11 is 0. The van der Waals surface area contributed by atoms with Gasteiger partial charge in [0.05, 0.1) is 0 Å². The molecule has 2 N–H and O–H groups in total. The number of hydrogen-bond donors (Lipinski definition) is 1. The highest BCUT2D eigenvalue weighted by Crippen LogP contribution is 1.85. The van der Waals surface area contributed by atoms with Gasteiger partial charge in [-0.1, -0.05) is 7.77 Å². The summed E-state index contributed by atoms with van der Waals surface area (Å²) in [5, 5.41) is 0. The van der Waals surface area contributed by atoms with Gasteiger partial charge in [0.1, 0.15) is 0 Å². The van der Waals surface area contributed by atoms with E-state index in [0.717, 1.165) is 0 Å². The zero-order valence-corrected chi connectivity index (χ0v) is 4.37. The van der Waals surface area contributed by atoms with E-state index in [4.69, 9.17) is 8.42 Å². The minimum absolute atomic E-state index is 1.50. The fourth-order valence-electron chi connectivity index (χ4n) is 0. The molecule has 0 saturated carbocycles. The van der Waals surface area contributed by atoms with E-state index in [0.29, 0.717) is 0 Å². The molecule has 0 spiro atoms. The highest BCUT2D eigenvalue weighted by molar-refractivity contribution is 7.81. The summed E-state index contributed by atoms with van der Waals surface area (Å²) in [5.41, 5.74) is 4.50. The molecule has 3 nitrogen and oxygen atoms in total. The Morgan fingerprint density at radius 1 is 1.29 bits per heavy atom. The lowest BCUT2D eigenvalue weighted by atomic mass is 11.6. The molecular formula is CH5F2NO2S. The van der Waals surface area contributed by atoms with E-state index >= 15 is 0 Å². The maximum absolute atomic E-state index is 9.99. The first-order valence-corrected chi connectivity index (χ1v) is 2.50. The first-order valence-electron chi connectivity index (χ1n) is 1.22. The van der Waals surface area contributed by atoms with Gasteiger partial charge in [-0.3, -0.25) is 0 Å². The van der Waals surface area contributed by atoms with Gasteiger partial charge in [0.2, 0.25) is 0 Å². The number of halogens is 2. The molecule has 0 aliphatic heterocycles. The molecule has 0 unspecified atom stereocenters. The Hall–Kier alpha value is -0.230. The summed E-state index contributed by atoms with van der Waals surface area (Å²) in [6.07, 6.45) is 0. The normalized spacial score (nSPS) is 9.14. The van der Waals surface area contributed by atoms with Crippen LogP contribution >= 0.6 is 0 Å². The van der Waals surface area contributed by atoms with E-state index in [9.17, 15) is 7.77 Å². The molecule has 0 heterocycles. The Balaban J connectivity index is 0. The minimum Gasteiger partial charge on any atom is -0.333 e. The van der Waals surface area contributed by atoms with Crippen LogP contribution in [0.15, 0.2) is 0 Å². The maximum Gasteiger partial charge on any atom is 0.476 e. The molecule has 0 bridgehead atoms. The molecule has 0 aromatic heterocycles. The van der Waals surface area contributed by atoms with Crippen molar-refractivity contribution in [1.82, 2.24) is 0 Å². The van der Waals surface area contributed by atoms with Crippen LogP contribution in [-0.4, -0.2) is 15.5 Å². The monoisotopic (exact) mass is 133 g/mol. The lowest BCUT2D eigenvalue weighted by Gasteiger charge is -1.57. The Labute approximate surface area is 40.6 Å². The molecule has 0 atom stereocenters. The molecule has 0 rings (SSSR count). The van der Waals surface area contributed by atoms with Crippen LogP contribution in [0.3, 0.4) is 0 Å². The number of nitrogens with two attached hydrogens (primary N) is 1. The molecule has 6 heteroatoms. The van der Waals surface area contributed by atoms with Crippen LogP contribution in [0.4, 0.5) is 7.77 Å². The van der Waals surface area contributed by atoms with Crippen molar-refractivity contribution in [3.63, 3.8) is 0 Å². The second-order valence-corrected chi connectivity index (χ2v) is 1.14. The largest absolute Gasteiger partial charge is 0.476 e. The van der Waals surface area contributed by atoms with Crippen molar-refractivity contribution in [2.75, 3.05) is 7.05 Å². The van der Waals surface area contributed by atoms with Crippen molar-refractivity contribution in [3.05, 3.63) is 0 Å². The van der Waals surface area contributed by atoms with E-state index in [-0.39, 0.29) is 0 Å². The average Bonchev–Trinajstić information content (AvgIpc) is 1.36. The predicted octanol–water partition coefficient (Wildman–Crippen LogP) is -0.255. The van der Waals surface area contributed by atoms with Crippen LogP contribution in [0.2, 0.25) is 0 Å².